The van der Waals surface area contributed by atoms with E-state index in [-0.39, 0.29) is 5.91 Å². The first-order valence-electron chi connectivity index (χ1n) is 6.98. The summed E-state index contributed by atoms with van der Waals surface area (Å²) in [5.41, 5.74) is 8.53. The van der Waals surface area contributed by atoms with E-state index in [1.54, 1.807) is 0 Å². The Kier molecular flexibility index (Phi) is 4.56. The van der Waals surface area contributed by atoms with Crippen molar-refractivity contribution in [3.8, 4) is 0 Å². The van der Waals surface area contributed by atoms with Crippen LogP contribution in [0.25, 0.3) is 0 Å². The molecule has 1 unspecified atom stereocenters. The second kappa shape index (κ2) is 6.17. The van der Waals surface area contributed by atoms with Crippen LogP contribution in [0.5, 0.6) is 0 Å². The van der Waals surface area contributed by atoms with Gasteiger partial charge in [-0.05, 0) is 43.0 Å². The number of hydrogen-bond donors (Lipinski definition) is 2. The van der Waals surface area contributed by atoms with Crippen LogP contribution in [0.1, 0.15) is 43.4 Å². The third kappa shape index (κ3) is 2.96. The Morgan fingerprint density at radius 2 is 2.32 bits per heavy atom. The zero-order valence-electron chi connectivity index (χ0n) is 11.4. The maximum absolute atomic E-state index is 11.9. The van der Waals surface area contributed by atoms with Crippen molar-refractivity contribution in [2.24, 2.45) is 5.73 Å². The Morgan fingerprint density at radius 3 is 3.00 bits per heavy atom. The predicted octanol–water partition coefficient (Wildman–Crippen LogP) is 1.76. The van der Waals surface area contributed by atoms with Crippen molar-refractivity contribution in [3.05, 3.63) is 29.3 Å². The van der Waals surface area contributed by atoms with Gasteiger partial charge in [0, 0.05) is 18.7 Å². The van der Waals surface area contributed by atoms with Crippen LogP contribution in [0, 0.1) is 0 Å². The fourth-order valence-electron chi connectivity index (χ4n) is 2.60. The number of aliphatic hydroxyl groups excluding tert-OH is 1. The lowest BCUT2D eigenvalue weighted by Gasteiger charge is -2.30. The van der Waals surface area contributed by atoms with Gasteiger partial charge in [-0.1, -0.05) is 19.1 Å². The number of rotatable bonds is 4. The Balaban J connectivity index is 2.27. The van der Waals surface area contributed by atoms with E-state index >= 15 is 0 Å². The summed E-state index contributed by atoms with van der Waals surface area (Å²) in [5, 5.41) is 9.98. The molecule has 1 heterocycles. The number of nitrogens with two attached hydrogens (primary N) is 1. The van der Waals surface area contributed by atoms with E-state index < -0.39 is 6.10 Å². The van der Waals surface area contributed by atoms with Gasteiger partial charge in [0.1, 0.15) is 0 Å². The summed E-state index contributed by atoms with van der Waals surface area (Å²) in [7, 11) is 0. The molecule has 1 aromatic rings. The molecule has 0 bridgehead atoms. The highest BCUT2D eigenvalue weighted by atomic mass is 16.3. The molecule has 2 rings (SSSR count). The highest BCUT2D eigenvalue weighted by Crippen LogP contribution is 2.30. The summed E-state index contributed by atoms with van der Waals surface area (Å²) in [4.78, 5) is 13.8. The van der Waals surface area contributed by atoms with Gasteiger partial charge in [-0.3, -0.25) is 4.79 Å². The minimum Gasteiger partial charge on any atom is -0.388 e. The normalized spacial score (nSPS) is 16.1. The van der Waals surface area contributed by atoms with Gasteiger partial charge in [0.15, 0.2) is 0 Å². The van der Waals surface area contributed by atoms with Crippen LogP contribution in [0.2, 0.25) is 0 Å². The van der Waals surface area contributed by atoms with Crippen LogP contribution in [-0.2, 0) is 11.2 Å². The molecule has 1 aliphatic heterocycles. The Labute approximate surface area is 114 Å². The van der Waals surface area contributed by atoms with Gasteiger partial charge in [-0.25, -0.2) is 0 Å². The molecule has 1 aliphatic rings. The van der Waals surface area contributed by atoms with Crippen molar-refractivity contribution in [2.45, 2.75) is 38.7 Å². The van der Waals surface area contributed by atoms with Gasteiger partial charge in [0.2, 0.25) is 5.91 Å². The summed E-state index contributed by atoms with van der Waals surface area (Å²) in [6.07, 6.45) is 2.53. The highest BCUT2D eigenvalue weighted by molar-refractivity contribution is 5.94. The Bertz CT molecular complexity index is 459. The molecule has 0 saturated heterocycles. The SMILES string of the molecule is CCC(=O)N1CCCc2cc(C(O)CCN)ccc21. The lowest BCUT2D eigenvalue weighted by atomic mass is 9.96. The molecule has 0 radical (unpaired) electrons. The summed E-state index contributed by atoms with van der Waals surface area (Å²) in [5.74, 6) is 0.163. The van der Waals surface area contributed by atoms with Crippen LogP contribution in [0.3, 0.4) is 0 Å². The Morgan fingerprint density at radius 1 is 1.53 bits per heavy atom. The predicted molar refractivity (Wildman–Crippen MR) is 76.0 cm³/mol. The van der Waals surface area contributed by atoms with Crippen molar-refractivity contribution >= 4 is 11.6 Å². The summed E-state index contributed by atoms with van der Waals surface area (Å²) < 4.78 is 0. The number of nitrogens with zero attached hydrogens (tertiary/aromatic N) is 1. The fourth-order valence-corrected chi connectivity index (χ4v) is 2.60. The van der Waals surface area contributed by atoms with E-state index in [2.05, 4.69) is 0 Å². The molecule has 3 N–H and O–H groups in total. The van der Waals surface area contributed by atoms with Crippen molar-refractivity contribution < 1.29 is 9.90 Å². The van der Waals surface area contributed by atoms with Gasteiger partial charge in [0.05, 0.1) is 6.10 Å². The zero-order chi connectivity index (χ0) is 13.8. The molecular weight excluding hydrogens is 240 g/mol. The molecule has 0 spiro atoms. The van der Waals surface area contributed by atoms with Gasteiger partial charge >= 0.3 is 0 Å². The monoisotopic (exact) mass is 262 g/mol. The lowest BCUT2D eigenvalue weighted by molar-refractivity contribution is -0.118. The van der Waals surface area contributed by atoms with E-state index in [4.69, 9.17) is 5.73 Å². The average Bonchev–Trinajstić information content (AvgIpc) is 2.45. The third-order valence-electron chi connectivity index (χ3n) is 3.65. The molecule has 1 atom stereocenters. The molecule has 19 heavy (non-hydrogen) atoms. The molecule has 0 saturated carbocycles. The quantitative estimate of drug-likeness (QED) is 0.869. The first-order valence-corrected chi connectivity index (χ1v) is 6.98. The summed E-state index contributed by atoms with van der Waals surface area (Å²) in [6.45, 7) is 3.15. The highest BCUT2D eigenvalue weighted by Gasteiger charge is 2.22. The van der Waals surface area contributed by atoms with Crippen LogP contribution >= 0.6 is 0 Å². The first kappa shape index (κ1) is 14.0. The van der Waals surface area contributed by atoms with Crippen molar-refractivity contribution in [1.29, 1.82) is 0 Å². The van der Waals surface area contributed by atoms with Gasteiger partial charge in [-0.2, -0.15) is 0 Å². The molecule has 0 fully saturated rings. The molecule has 1 amide bonds. The maximum Gasteiger partial charge on any atom is 0.226 e. The van der Waals surface area contributed by atoms with Crippen molar-refractivity contribution in [2.75, 3.05) is 18.0 Å². The number of fused-ring (bicyclic) bond motifs is 1. The molecule has 0 aliphatic carbocycles. The number of carbonyl (C=O) groups excluding carboxylic acids is 1. The minimum absolute atomic E-state index is 0.163. The number of benzene rings is 1. The Hall–Kier alpha value is -1.39. The number of anilines is 1. The van der Waals surface area contributed by atoms with Crippen LogP contribution in [0.4, 0.5) is 5.69 Å². The van der Waals surface area contributed by atoms with Crippen LogP contribution in [-0.4, -0.2) is 24.1 Å². The van der Waals surface area contributed by atoms with Gasteiger partial charge in [0.25, 0.3) is 0 Å². The molecule has 1 aromatic carbocycles. The number of amides is 1. The number of aryl methyl sites for hydroxylation is 1. The zero-order valence-corrected chi connectivity index (χ0v) is 11.4. The molecule has 4 nitrogen and oxygen atoms in total. The maximum atomic E-state index is 11.9. The van der Waals surface area contributed by atoms with E-state index in [0.717, 1.165) is 36.2 Å². The third-order valence-corrected chi connectivity index (χ3v) is 3.65. The number of aliphatic hydroxyl groups is 1. The second-order valence-corrected chi connectivity index (χ2v) is 4.98. The second-order valence-electron chi connectivity index (χ2n) is 4.98. The number of carbonyl (C=O) groups is 1. The summed E-state index contributed by atoms with van der Waals surface area (Å²) in [6, 6.07) is 5.88. The number of hydrogen-bond acceptors (Lipinski definition) is 3. The van der Waals surface area contributed by atoms with Crippen LogP contribution in [0.15, 0.2) is 18.2 Å². The van der Waals surface area contributed by atoms with E-state index in [0.29, 0.717) is 19.4 Å². The molecular formula is C15H22N2O2. The van der Waals surface area contributed by atoms with E-state index in [1.807, 2.05) is 30.0 Å². The topological polar surface area (TPSA) is 66.6 Å². The summed E-state index contributed by atoms with van der Waals surface area (Å²) >= 11 is 0. The van der Waals surface area contributed by atoms with Crippen molar-refractivity contribution in [1.82, 2.24) is 0 Å². The molecule has 0 aromatic heterocycles. The van der Waals surface area contributed by atoms with E-state index in [1.165, 1.54) is 0 Å². The smallest absolute Gasteiger partial charge is 0.226 e. The standard InChI is InChI=1S/C15H22N2O2/c1-2-15(19)17-9-3-4-11-10-12(5-6-13(11)17)14(18)7-8-16/h5-6,10,14,18H,2-4,7-9,16H2,1H3. The first-order chi connectivity index (χ1) is 9.17. The average molecular weight is 262 g/mol. The van der Waals surface area contributed by atoms with Gasteiger partial charge < -0.3 is 15.7 Å². The van der Waals surface area contributed by atoms with Gasteiger partial charge in [-0.15, -0.1) is 0 Å². The van der Waals surface area contributed by atoms with E-state index in [9.17, 15) is 9.90 Å². The molecule has 4 heteroatoms. The largest absolute Gasteiger partial charge is 0.388 e. The minimum atomic E-state index is -0.507. The molecule has 104 valence electrons. The van der Waals surface area contributed by atoms with Crippen molar-refractivity contribution in [3.63, 3.8) is 0 Å². The fraction of sp³-hybridized carbons (Fsp3) is 0.533. The lowest BCUT2D eigenvalue weighted by Crippen LogP contribution is -2.34. The van der Waals surface area contributed by atoms with Crippen LogP contribution < -0.4 is 10.6 Å².